The number of hydrogen-bond acceptors (Lipinski definition) is 5. The van der Waals surface area contributed by atoms with Gasteiger partial charge < -0.3 is 9.47 Å². The molecule has 0 aliphatic carbocycles. The summed E-state index contributed by atoms with van der Waals surface area (Å²) in [4.78, 5) is -0.0878. The van der Waals surface area contributed by atoms with Gasteiger partial charge in [0.1, 0.15) is 28.8 Å². The molecule has 5 nitrogen and oxygen atoms in total. The highest BCUT2D eigenvalue weighted by atomic mass is 32.2. The predicted molar refractivity (Wildman–Crippen MR) is 112 cm³/mol. The Morgan fingerprint density at radius 3 is 2.33 bits per heavy atom. The fourth-order valence-corrected chi connectivity index (χ4v) is 3.98. The molecule has 0 atom stereocenters. The second-order valence-electron chi connectivity index (χ2n) is 6.48. The lowest BCUT2D eigenvalue weighted by Gasteiger charge is -2.15. The minimum Gasteiger partial charge on any atom is -0.497 e. The fourth-order valence-electron chi connectivity index (χ4n) is 2.95. The van der Waals surface area contributed by atoms with Crippen LogP contribution in [0, 0.1) is 17.1 Å². The summed E-state index contributed by atoms with van der Waals surface area (Å²) in [5.41, 5.74) is 1.33. The molecule has 30 heavy (non-hydrogen) atoms. The van der Waals surface area contributed by atoms with Crippen molar-refractivity contribution in [2.75, 3.05) is 12.9 Å². The summed E-state index contributed by atoms with van der Waals surface area (Å²) in [5.74, 6) is 0.0924. The molecule has 0 radical (unpaired) electrons. The number of nitriles is 1. The van der Waals surface area contributed by atoms with Gasteiger partial charge in [-0.3, -0.25) is 0 Å². The van der Waals surface area contributed by atoms with Gasteiger partial charge >= 0.3 is 0 Å². The zero-order valence-corrected chi connectivity index (χ0v) is 17.4. The van der Waals surface area contributed by atoms with Crippen molar-refractivity contribution in [3.05, 3.63) is 77.6 Å². The first-order chi connectivity index (χ1) is 14.4. The molecule has 0 fully saturated rings. The van der Waals surface area contributed by atoms with Crippen molar-refractivity contribution in [3.63, 3.8) is 0 Å². The van der Waals surface area contributed by atoms with Crippen molar-refractivity contribution in [3.8, 4) is 28.7 Å². The van der Waals surface area contributed by atoms with Crippen LogP contribution in [0.2, 0.25) is 0 Å². The Bertz CT molecular complexity index is 1200. The van der Waals surface area contributed by atoms with E-state index in [2.05, 4.69) is 0 Å². The van der Waals surface area contributed by atoms with Crippen molar-refractivity contribution in [2.45, 2.75) is 18.4 Å². The van der Waals surface area contributed by atoms with Crippen LogP contribution in [0.3, 0.4) is 0 Å². The Labute approximate surface area is 175 Å². The third-order valence-electron chi connectivity index (χ3n) is 4.64. The highest BCUT2D eigenvalue weighted by molar-refractivity contribution is 7.91. The van der Waals surface area contributed by atoms with E-state index in [-0.39, 0.29) is 39.7 Å². The second kappa shape index (κ2) is 8.97. The second-order valence-corrected chi connectivity index (χ2v) is 8.72. The SMILES string of the molecule is CCS(=O)(=O)c1cc(C#N)c(-c2ccccc2F)cc1OCc1ccc(OC)cc1. The monoisotopic (exact) mass is 425 g/mol. The average molecular weight is 425 g/mol. The highest BCUT2D eigenvalue weighted by Gasteiger charge is 2.22. The highest BCUT2D eigenvalue weighted by Crippen LogP contribution is 2.35. The van der Waals surface area contributed by atoms with Crippen LogP contribution < -0.4 is 9.47 Å². The number of nitrogens with zero attached hydrogens (tertiary/aromatic N) is 1. The molecule has 0 amide bonds. The Hall–Kier alpha value is -3.37. The van der Waals surface area contributed by atoms with Crippen LogP contribution >= 0.6 is 0 Å². The first-order valence-corrected chi connectivity index (χ1v) is 10.9. The molecule has 3 rings (SSSR count). The number of methoxy groups -OCH3 is 1. The first kappa shape index (κ1) is 21.3. The molecule has 0 aromatic heterocycles. The zero-order valence-electron chi connectivity index (χ0n) is 16.6. The van der Waals surface area contributed by atoms with Gasteiger partial charge in [0.15, 0.2) is 9.84 Å². The van der Waals surface area contributed by atoms with Crippen LogP contribution in [0.4, 0.5) is 4.39 Å². The third kappa shape index (κ3) is 4.44. The Balaban J connectivity index is 2.09. The maximum atomic E-state index is 14.4. The third-order valence-corrected chi connectivity index (χ3v) is 6.39. The molecule has 0 bridgehead atoms. The molecular weight excluding hydrogens is 405 g/mol. The molecule has 3 aromatic rings. The summed E-state index contributed by atoms with van der Waals surface area (Å²) in [6.07, 6.45) is 0. The smallest absolute Gasteiger partial charge is 0.181 e. The van der Waals surface area contributed by atoms with E-state index in [4.69, 9.17) is 9.47 Å². The van der Waals surface area contributed by atoms with Gasteiger partial charge in [0.25, 0.3) is 0 Å². The summed E-state index contributed by atoms with van der Waals surface area (Å²) in [6.45, 7) is 1.61. The number of rotatable bonds is 7. The van der Waals surface area contributed by atoms with Crippen molar-refractivity contribution >= 4 is 9.84 Å². The van der Waals surface area contributed by atoms with Crippen LogP contribution in [0.5, 0.6) is 11.5 Å². The summed E-state index contributed by atoms with van der Waals surface area (Å²) in [6, 6.07) is 17.8. The van der Waals surface area contributed by atoms with Gasteiger partial charge in [0.2, 0.25) is 0 Å². The minimum atomic E-state index is -3.68. The van der Waals surface area contributed by atoms with Crippen molar-refractivity contribution < 1.29 is 22.3 Å². The summed E-state index contributed by atoms with van der Waals surface area (Å²) in [5, 5.41) is 9.56. The van der Waals surface area contributed by atoms with Crippen LogP contribution in [0.25, 0.3) is 11.1 Å². The van der Waals surface area contributed by atoms with Crippen LogP contribution in [-0.4, -0.2) is 21.3 Å². The number of hydrogen-bond donors (Lipinski definition) is 0. The average Bonchev–Trinajstić information content (AvgIpc) is 2.77. The molecule has 0 aliphatic rings. The Morgan fingerprint density at radius 2 is 1.73 bits per heavy atom. The van der Waals surface area contributed by atoms with E-state index in [1.807, 2.05) is 6.07 Å². The molecule has 0 heterocycles. The van der Waals surface area contributed by atoms with Gasteiger partial charge in [-0.1, -0.05) is 37.3 Å². The van der Waals surface area contributed by atoms with E-state index in [0.29, 0.717) is 5.75 Å². The lowest BCUT2D eigenvalue weighted by atomic mass is 9.99. The number of ether oxygens (including phenoxy) is 2. The van der Waals surface area contributed by atoms with Gasteiger partial charge in [-0.15, -0.1) is 0 Å². The molecule has 0 saturated carbocycles. The summed E-state index contributed by atoms with van der Waals surface area (Å²) < 4.78 is 50.6. The molecule has 154 valence electrons. The topological polar surface area (TPSA) is 76.4 Å². The molecule has 0 spiro atoms. The number of benzene rings is 3. The number of sulfone groups is 1. The van der Waals surface area contributed by atoms with Crippen molar-refractivity contribution in [1.82, 2.24) is 0 Å². The molecular formula is C23H20FNO4S. The van der Waals surface area contributed by atoms with Gasteiger partial charge in [-0.05, 0) is 35.9 Å². The maximum Gasteiger partial charge on any atom is 0.181 e. The van der Waals surface area contributed by atoms with E-state index in [9.17, 15) is 18.1 Å². The number of halogens is 1. The van der Waals surface area contributed by atoms with E-state index in [0.717, 1.165) is 5.56 Å². The van der Waals surface area contributed by atoms with Crippen LogP contribution in [-0.2, 0) is 16.4 Å². The van der Waals surface area contributed by atoms with E-state index < -0.39 is 15.7 Å². The van der Waals surface area contributed by atoms with Gasteiger partial charge in [-0.2, -0.15) is 5.26 Å². The molecule has 7 heteroatoms. The molecule has 0 aliphatic heterocycles. The van der Waals surface area contributed by atoms with Crippen molar-refractivity contribution in [1.29, 1.82) is 5.26 Å². The van der Waals surface area contributed by atoms with Crippen LogP contribution in [0.15, 0.2) is 65.6 Å². The quantitative estimate of drug-likeness (QED) is 0.546. The van der Waals surface area contributed by atoms with Crippen LogP contribution in [0.1, 0.15) is 18.1 Å². The van der Waals surface area contributed by atoms with E-state index in [1.165, 1.54) is 31.2 Å². The standard InChI is InChI=1S/C23H20FNO4S/c1-3-30(26,27)23-12-17(14-25)20(19-6-4-5-7-21(19)24)13-22(23)29-15-16-8-10-18(28-2)11-9-16/h4-13H,3,15H2,1-2H3. The Kier molecular flexibility index (Phi) is 6.38. The van der Waals surface area contributed by atoms with E-state index >= 15 is 0 Å². The summed E-state index contributed by atoms with van der Waals surface area (Å²) in [7, 11) is -2.11. The molecule has 0 N–H and O–H groups in total. The van der Waals surface area contributed by atoms with Crippen molar-refractivity contribution in [2.24, 2.45) is 0 Å². The van der Waals surface area contributed by atoms with Gasteiger partial charge in [0, 0.05) is 11.1 Å². The molecule has 3 aromatic carbocycles. The zero-order chi connectivity index (χ0) is 21.7. The lowest BCUT2D eigenvalue weighted by molar-refractivity contribution is 0.298. The predicted octanol–water partition coefficient (Wildman–Crippen LogP) is 4.75. The van der Waals surface area contributed by atoms with E-state index in [1.54, 1.807) is 43.5 Å². The summed E-state index contributed by atoms with van der Waals surface area (Å²) >= 11 is 0. The minimum absolute atomic E-state index is 0.0592. The first-order valence-electron chi connectivity index (χ1n) is 9.21. The van der Waals surface area contributed by atoms with Gasteiger partial charge in [-0.25, -0.2) is 12.8 Å². The largest absolute Gasteiger partial charge is 0.497 e. The maximum absolute atomic E-state index is 14.4. The lowest BCUT2D eigenvalue weighted by Crippen LogP contribution is -2.08. The molecule has 0 saturated heterocycles. The molecule has 0 unspecified atom stereocenters. The normalized spacial score (nSPS) is 11.0. The Morgan fingerprint density at radius 1 is 1.03 bits per heavy atom. The van der Waals surface area contributed by atoms with Gasteiger partial charge in [0.05, 0.1) is 24.5 Å². The fraction of sp³-hybridized carbons (Fsp3) is 0.174.